The predicted octanol–water partition coefficient (Wildman–Crippen LogP) is 5.69. The fraction of sp³-hybridized carbons (Fsp3) is 0.432. The molecule has 0 radical (unpaired) electrons. The minimum atomic E-state index is -0.613. The Bertz CT molecular complexity index is 1940. The number of piperidine rings is 1. The summed E-state index contributed by atoms with van der Waals surface area (Å²) in [5.41, 5.74) is 0.724. The van der Waals surface area contributed by atoms with Crippen LogP contribution in [-0.4, -0.2) is 78.5 Å². The molecular weight excluding hydrogens is 597 g/mol. The van der Waals surface area contributed by atoms with Crippen LogP contribution >= 0.6 is 0 Å². The average molecular weight is 640 g/mol. The number of likely N-dealkylation sites (tertiary alicyclic amines) is 1. The van der Waals surface area contributed by atoms with E-state index in [1.165, 1.54) is 6.07 Å². The van der Waals surface area contributed by atoms with Gasteiger partial charge in [-0.05, 0) is 88.5 Å². The Hall–Kier alpha value is -4.44. The van der Waals surface area contributed by atoms with E-state index in [-0.39, 0.29) is 34.2 Å². The summed E-state index contributed by atoms with van der Waals surface area (Å²) in [6, 6.07) is 13.4. The number of hydrogen-bond donors (Lipinski definition) is 1. The number of anilines is 1. The van der Waals surface area contributed by atoms with Crippen molar-refractivity contribution in [3.8, 4) is 17.2 Å². The molecule has 0 aliphatic carbocycles. The van der Waals surface area contributed by atoms with Gasteiger partial charge in [0.1, 0.15) is 16.8 Å². The van der Waals surface area contributed by atoms with E-state index in [0.717, 1.165) is 49.4 Å². The second-order valence-corrected chi connectivity index (χ2v) is 13.1. The molecule has 0 spiro atoms. The highest BCUT2D eigenvalue weighted by Gasteiger charge is 2.35. The van der Waals surface area contributed by atoms with Crippen LogP contribution in [0.1, 0.15) is 56.3 Å². The van der Waals surface area contributed by atoms with Crippen LogP contribution in [0.2, 0.25) is 0 Å². The number of nitrogens with one attached hydrogen (secondary N) is 1. The second-order valence-electron chi connectivity index (χ2n) is 13.1. The first kappa shape index (κ1) is 31.2. The fourth-order valence-corrected chi connectivity index (χ4v) is 7.71. The first-order chi connectivity index (χ1) is 22.8. The molecule has 2 atom stereocenters. The van der Waals surface area contributed by atoms with Crippen LogP contribution in [0.15, 0.2) is 53.5 Å². The minimum absolute atomic E-state index is 0.0424. The van der Waals surface area contributed by atoms with Crippen molar-refractivity contribution in [1.29, 1.82) is 0 Å². The van der Waals surface area contributed by atoms with Crippen LogP contribution in [0, 0.1) is 11.7 Å². The summed E-state index contributed by atoms with van der Waals surface area (Å²) in [5.74, 6) is -0.570. The van der Waals surface area contributed by atoms with Crippen molar-refractivity contribution in [3.05, 3.63) is 70.3 Å². The zero-order chi connectivity index (χ0) is 32.8. The number of halogens is 1. The van der Waals surface area contributed by atoms with Gasteiger partial charge >= 0.3 is 0 Å². The highest BCUT2D eigenvalue weighted by atomic mass is 19.1. The molecule has 3 aliphatic heterocycles. The molecule has 4 heterocycles. The molecule has 2 fully saturated rings. The van der Waals surface area contributed by atoms with Gasteiger partial charge in [-0.15, -0.1) is 0 Å². The van der Waals surface area contributed by atoms with Gasteiger partial charge in [-0.3, -0.25) is 14.4 Å². The highest BCUT2D eigenvalue weighted by molar-refractivity contribution is 6.02. The zero-order valence-corrected chi connectivity index (χ0v) is 27.4. The molecule has 1 aromatic heterocycles. The molecule has 246 valence electrons. The molecule has 0 saturated carbocycles. The van der Waals surface area contributed by atoms with E-state index in [9.17, 15) is 14.4 Å². The smallest absolute Gasteiger partial charge is 0.256 e. The molecule has 4 aromatic rings. The summed E-state index contributed by atoms with van der Waals surface area (Å²) in [6.45, 7) is 7.55. The molecule has 0 bridgehead atoms. The highest BCUT2D eigenvalue weighted by Crippen LogP contribution is 2.48. The Morgan fingerprint density at radius 2 is 1.79 bits per heavy atom. The van der Waals surface area contributed by atoms with E-state index in [0.29, 0.717) is 55.7 Å². The fourth-order valence-electron chi connectivity index (χ4n) is 7.71. The SMILES string of the molecule is CCN(CC)C(=O)C1CCCN(c2c(F)cc3c(=O)c(C(=O)NCCC4CCCN4C)cn4c3c2Oc2cc3ccccc3cc2-4)C1. The van der Waals surface area contributed by atoms with Crippen molar-refractivity contribution in [2.45, 2.75) is 52.0 Å². The minimum Gasteiger partial charge on any atom is -0.451 e. The van der Waals surface area contributed by atoms with E-state index in [4.69, 9.17) is 4.74 Å². The standard InChI is InChI=1S/C37H42FN5O4/c1-4-41(5-2)37(46)25-12-8-17-42(21-25)33-29(38)20-27-32-35(33)47-31-19-24-11-7-6-10-23(24)18-30(31)43(32)22-28(34(27)44)36(45)39-15-14-26-13-9-16-40(26)3/h6-7,10-11,18-20,22,25-26H,4-5,8-9,12-17,21H2,1-3H3,(H,39,45). The average Bonchev–Trinajstić information content (AvgIpc) is 3.49. The molecule has 3 aliphatic rings. The summed E-state index contributed by atoms with van der Waals surface area (Å²) >= 11 is 0. The number of aromatic nitrogens is 1. The molecule has 3 aromatic carbocycles. The summed E-state index contributed by atoms with van der Waals surface area (Å²) < 4.78 is 24.8. The summed E-state index contributed by atoms with van der Waals surface area (Å²) in [4.78, 5) is 46.9. The first-order valence-electron chi connectivity index (χ1n) is 16.9. The molecule has 47 heavy (non-hydrogen) atoms. The van der Waals surface area contributed by atoms with Gasteiger partial charge in [-0.1, -0.05) is 24.3 Å². The van der Waals surface area contributed by atoms with Crippen LogP contribution in [0.25, 0.3) is 27.4 Å². The Morgan fingerprint density at radius 3 is 2.51 bits per heavy atom. The Kier molecular flexibility index (Phi) is 8.38. The van der Waals surface area contributed by atoms with Gasteiger partial charge in [0.15, 0.2) is 17.3 Å². The maximum Gasteiger partial charge on any atom is 0.256 e. The molecule has 2 saturated heterocycles. The van der Waals surface area contributed by atoms with E-state index >= 15 is 4.39 Å². The van der Waals surface area contributed by atoms with Crippen molar-refractivity contribution in [3.63, 3.8) is 0 Å². The van der Waals surface area contributed by atoms with E-state index < -0.39 is 17.2 Å². The van der Waals surface area contributed by atoms with Gasteiger partial charge < -0.3 is 29.3 Å². The maximum absolute atomic E-state index is 16.4. The van der Waals surface area contributed by atoms with Crippen LogP contribution in [0.5, 0.6) is 11.5 Å². The van der Waals surface area contributed by atoms with Crippen molar-refractivity contribution < 1.29 is 18.7 Å². The zero-order valence-electron chi connectivity index (χ0n) is 27.4. The van der Waals surface area contributed by atoms with Crippen molar-refractivity contribution in [1.82, 2.24) is 19.7 Å². The van der Waals surface area contributed by atoms with Crippen LogP contribution < -0.4 is 20.4 Å². The lowest BCUT2D eigenvalue weighted by molar-refractivity contribution is -0.135. The number of ether oxygens (including phenoxy) is 1. The van der Waals surface area contributed by atoms with Gasteiger partial charge in [0.25, 0.3) is 5.91 Å². The number of amides is 2. The number of rotatable bonds is 8. The quantitative estimate of drug-likeness (QED) is 0.235. The second kappa shape index (κ2) is 12.6. The summed E-state index contributed by atoms with van der Waals surface area (Å²) in [6.07, 6.45) is 6.05. The Labute approximate surface area is 273 Å². The number of nitrogens with zero attached hydrogens (tertiary/aromatic N) is 4. The lowest BCUT2D eigenvalue weighted by Gasteiger charge is -2.37. The number of hydrogen-bond acceptors (Lipinski definition) is 6. The maximum atomic E-state index is 16.4. The molecular formula is C37H42FN5O4. The third-order valence-corrected chi connectivity index (χ3v) is 10.3. The van der Waals surface area contributed by atoms with Crippen molar-refractivity contribution in [2.75, 3.05) is 51.2 Å². The van der Waals surface area contributed by atoms with Gasteiger partial charge in [0.2, 0.25) is 11.3 Å². The topological polar surface area (TPSA) is 87.1 Å². The molecule has 2 unspecified atom stereocenters. The van der Waals surface area contributed by atoms with Gasteiger partial charge in [-0.25, -0.2) is 4.39 Å². The summed E-state index contributed by atoms with van der Waals surface area (Å²) in [7, 11) is 2.09. The molecule has 7 rings (SSSR count). The third kappa shape index (κ3) is 5.52. The Morgan fingerprint density at radius 1 is 1.04 bits per heavy atom. The van der Waals surface area contributed by atoms with Crippen molar-refractivity contribution >= 4 is 39.2 Å². The Balaban J connectivity index is 1.33. The number of benzene rings is 3. The number of carbonyl (C=O) groups is 2. The van der Waals surface area contributed by atoms with E-state index in [1.807, 2.05) is 64.6 Å². The van der Waals surface area contributed by atoms with Gasteiger partial charge in [0, 0.05) is 45.0 Å². The van der Waals surface area contributed by atoms with E-state index in [1.54, 1.807) is 6.20 Å². The predicted molar refractivity (Wildman–Crippen MR) is 183 cm³/mol. The molecule has 1 N–H and O–H groups in total. The van der Waals surface area contributed by atoms with E-state index in [2.05, 4.69) is 17.3 Å². The molecule has 9 nitrogen and oxygen atoms in total. The number of pyridine rings is 1. The monoisotopic (exact) mass is 639 g/mol. The van der Waals surface area contributed by atoms with Crippen LogP contribution in [0.3, 0.4) is 0 Å². The van der Waals surface area contributed by atoms with Gasteiger partial charge in [-0.2, -0.15) is 0 Å². The lowest BCUT2D eigenvalue weighted by Crippen LogP contribution is -2.45. The van der Waals surface area contributed by atoms with Gasteiger partial charge in [0.05, 0.1) is 17.0 Å². The van der Waals surface area contributed by atoms with Crippen LogP contribution in [0.4, 0.5) is 10.1 Å². The van der Waals surface area contributed by atoms with Crippen molar-refractivity contribution in [2.24, 2.45) is 5.92 Å². The molecule has 2 amide bonds. The lowest BCUT2D eigenvalue weighted by atomic mass is 9.95. The first-order valence-corrected chi connectivity index (χ1v) is 16.9. The van der Waals surface area contributed by atoms with Crippen LogP contribution in [-0.2, 0) is 4.79 Å². The largest absolute Gasteiger partial charge is 0.451 e. The summed E-state index contributed by atoms with van der Waals surface area (Å²) in [5, 5.41) is 4.95. The number of fused-ring (bicyclic) bond motifs is 3. The molecule has 10 heteroatoms. The normalized spacial score (nSPS) is 19.1. The number of carbonyl (C=O) groups excluding carboxylic acids is 2. The third-order valence-electron chi connectivity index (χ3n) is 10.3.